The van der Waals surface area contributed by atoms with E-state index < -0.39 is 0 Å². The van der Waals surface area contributed by atoms with Crippen molar-refractivity contribution in [2.24, 2.45) is 0 Å². The Morgan fingerprint density at radius 3 is 2.73 bits per heavy atom. The molecule has 0 aliphatic carbocycles. The molecule has 0 bridgehead atoms. The van der Waals surface area contributed by atoms with Crippen molar-refractivity contribution in [2.45, 2.75) is 13.3 Å². The third-order valence-electron chi connectivity index (χ3n) is 4.86. The Morgan fingerprint density at radius 1 is 1.19 bits per heavy atom. The van der Waals surface area contributed by atoms with E-state index in [0.29, 0.717) is 18.1 Å². The summed E-state index contributed by atoms with van der Waals surface area (Å²) in [6.45, 7) is 3.41. The fraction of sp³-hybridized carbons (Fsp3) is 0.190. The van der Waals surface area contributed by atoms with Gasteiger partial charge in [-0.1, -0.05) is 35.9 Å². The molecule has 0 saturated heterocycles. The number of nitrogens with one attached hydrogen (secondary N) is 2. The van der Waals surface area contributed by atoms with Crippen molar-refractivity contribution in [2.75, 3.05) is 18.4 Å². The maximum absolute atomic E-state index is 12.4. The van der Waals surface area contributed by atoms with E-state index in [9.17, 15) is 4.79 Å². The zero-order valence-electron chi connectivity index (χ0n) is 14.6. The van der Waals surface area contributed by atoms with Crippen LogP contribution < -0.4 is 5.32 Å². The van der Waals surface area contributed by atoms with Gasteiger partial charge in [0.2, 0.25) is 0 Å². The summed E-state index contributed by atoms with van der Waals surface area (Å²) < 4.78 is 0. The van der Waals surface area contributed by atoms with Crippen LogP contribution in [-0.2, 0) is 0 Å². The number of para-hydroxylation sites is 1. The zero-order chi connectivity index (χ0) is 18.1. The van der Waals surface area contributed by atoms with Gasteiger partial charge in [-0.3, -0.25) is 0 Å². The number of hydrogen-bond acceptors (Lipinski definition) is 1. The summed E-state index contributed by atoms with van der Waals surface area (Å²) in [5.41, 5.74) is 5.71. The smallest absolute Gasteiger partial charge is 0.322 e. The highest BCUT2D eigenvalue weighted by atomic mass is 35.5. The third-order valence-corrected chi connectivity index (χ3v) is 5.11. The molecule has 1 aliphatic heterocycles. The molecule has 0 unspecified atom stereocenters. The number of amides is 2. The van der Waals surface area contributed by atoms with Gasteiger partial charge >= 0.3 is 6.03 Å². The number of halogens is 1. The van der Waals surface area contributed by atoms with Gasteiger partial charge in [0.1, 0.15) is 0 Å². The van der Waals surface area contributed by atoms with Crippen LogP contribution in [0.3, 0.4) is 0 Å². The number of aryl methyl sites for hydroxylation is 1. The van der Waals surface area contributed by atoms with E-state index in [1.54, 1.807) is 24.3 Å². The van der Waals surface area contributed by atoms with E-state index in [1.165, 1.54) is 27.6 Å². The first-order chi connectivity index (χ1) is 12.6. The molecule has 3 aromatic rings. The van der Waals surface area contributed by atoms with Crippen LogP contribution in [-0.4, -0.2) is 29.0 Å². The van der Waals surface area contributed by atoms with Gasteiger partial charge < -0.3 is 15.2 Å². The second-order valence-electron chi connectivity index (χ2n) is 6.56. The Hall–Kier alpha value is -2.72. The predicted octanol–water partition coefficient (Wildman–Crippen LogP) is 5.45. The second-order valence-corrected chi connectivity index (χ2v) is 7.00. The Morgan fingerprint density at radius 2 is 2.00 bits per heavy atom. The van der Waals surface area contributed by atoms with Gasteiger partial charge in [0, 0.05) is 46.5 Å². The number of aromatic amines is 1. The summed E-state index contributed by atoms with van der Waals surface area (Å²) in [4.78, 5) is 17.6. The number of rotatable bonds is 2. The highest BCUT2D eigenvalue weighted by Crippen LogP contribution is 2.30. The van der Waals surface area contributed by atoms with Gasteiger partial charge in [0.05, 0.1) is 0 Å². The Bertz CT molecular complexity index is 988. The Balaban J connectivity index is 1.48. The molecule has 0 atom stereocenters. The number of aromatic nitrogens is 1. The number of hydrogen-bond donors (Lipinski definition) is 2. The molecule has 2 heterocycles. The van der Waals surface area contributed by atoms with Gasteiger partial charge in [-0.25, -0.2) is 4.79 Å². The number of H-pyrrole nitrogens is 1. The van der Waals surface area contributed by atoms with E-state index >= 15 is 0 Å². The monoisotopic (exact) mass is 365 g/mol. The quantitative estimate of drug-likeness (QED) is 0.623. The molecule has 2 N–H and O–H groups in total. The molecule has 0 saturated carbocycles. The van der Waals surface area contributed by atoms with Crippen LogP contribution in [0.5, 0.6) is 0 Å². The standard InChI is InChI=1S/C21H20ClN3O/c1-14-3-2-4-18-19(13-23-20(14)18)15-9-11-25(12-10-15)21(26)24-17-7-5-16(22)6-8-17/h2-9,13,23H,10-12H2,1H3,(H,24,26). The molecule has 2 amide bonds. The first-order valence-corrected chi connectivity index (χ1v) is 9.07. The topological polar surface area (TPSA) is 48.1 Å². The van der Waals surface area contributed by atoms with Crippen LogP contribution in [0.4, 0.5) is 10.5 Å². The molecule has 4 rings (SSSR count). The summed E-state index contributed by atoms with van der Waals surface area (Å²) in [5, 5.41) is 4.82. The van der Waals surface area contributed by atoms with Crippen LogP contribution in [0.15, 0.2) is 54.7 Å². The molecule has 1 aliphatic rings. The fourth-order valence-corrected chi connectivity index (χ4v) is 3.53. The molecule has 26 heavy (non-hydrogen) atoms. The average molecular weight is 366 g/mol. The number of carbonyl (C=O) groups is 1. The number of urea groups is 1. The highest BCUT2D eigenvalue weighted by Gasteiger charge is 2.19. The lowest BCUT2D eigenvalue weighted by molar-refractivity contribution is 0.217. The summed E-state index contributed by atoms with van der Waals surface area (Å²) in [5.74, 6) is 0. The first kappa shape index (κ1) is 16.7. The lowest BCUT2D eigenvalue weighted by atomic mass is 9.98. The summed E-state index contributed by atoms with van der Waals surface area (Å²) >= 11 is 5.88. The van der Waals surface area contributed by atoms with Gasteiger partial charge in [-0.05, 0) is 48.7 Å². The minimum atomic E-state index is -0.0857. The average Bonchev–Trinajstić information content (AvgIpc) is 3.09. The molecule has 0 radical (unpaired) electrons. The summed E-state index contributed by atoms with van der Waals surface area (Å²) in [7, 11) is 0. The van der Waals surface area contributed by atoms with E-state index in [4.69, 9.17) is 11.6 Å². The van der Waals surface area contributed by atoms with Crippen LogP contribution in [0, 0.1) is 6.92 Å². The fourth-order valence-electron chi connectivity index (χ4n) is 3.41. The third kappa shape index (κ3) is 3.20. The second kappa shape index (κ2) is 6.89. The minimum Gasteiger partial charge on any atom is -0.360 e. The van der Waals surface area contributed by atoms with Gasteiger partial charge in [0.25, 0.3) is 0 Å². The molecule has 132 valence electrons. The first-order valence-electron chi connectivity index (χ1n) is 8.69. The Labute approximate surface area is 157 Å². The van der Waals surface area contributed by atoms with Crippen LogP contribution in [0.25, 0.3) is 16.5 Å². The summed E-state index contributed by atoms with van der Waals surface area (Å²) in [6.07, 6.45) is 5.07. The van der Waals surface area contributed by atoms with E-state index in [2.05, 4.69) is 47.7 Å². The van der Waals surface area contributed by atoms with Gasteiger partial charge in [-0.2, -0.15) is 0 Å². The molecule has 0 fully saturated rings. The molecule has 5 heteroatoms. The number of anilines is 1. The van der Waals surface area contributed by atoms with E-state index in [1.807, 2.05) is 4.90 Å². The largest absolute Gasteiger partial charge is 0.360 e. The normalized spacial score (nSPS) is 14.4. The number of benzene rings is 2. The van der Waals surface area contributed by atoms with Crippen LogP contribution in [0.2, 0.25) is 5.02 Å². The molecular formula is C21H20ClN3O. The van der Waals surface area contributed by atoms with Crippen molar-refractivity contribution in [1.82, 2.24) is 9.88 Å². The van der Waals surface area contributed by atoms with Crippen molar-refractivity contribution in [3.63, 3.8) is 0 Å². The zero-order valence-corrected chi connectivity index (χ0v) is 15.3. The Kier molecular flexibility index (Phi) is 4.43. The van der Waals surface area contributed by atoms with E-state index in [-0.39, 0.29) is 6.03 Å². The SMILES string of the molecule is Cc1cccc2c(C3=CCN(C(=O)Nc4ccc(Cl)cc4)CC3)c[nH]c12. The minimum absolute atomic E-state index is 0.0857. The highest BCUT2D eigenvalue weighted by molar-refractivity contribution is 6.30. The maximum atomic E-state index is 12.4. The molecule has 2 aromatic carbocycles. The molecular weight excluding hydrogens is 346 g/mol. The van der Waals surface area contributed by atoms with Gasteiger partial charge in [0.15, 0.2) is 0 Å². The lowest BCUT2D eigenvalue weighted by Crippen LogP contribution is -2.37. The van der Waals surface area contributed by atoms with Crippen molar-refractivity contribution in [1.29, 1.82) is 0 Å². The van der Waals surface area contributed by atoms with Crippen molar-refractivity contribution < 1.29 is 4.79 Å². The van der Waals surface area contributed by atoms with Gasteiger partial charge in [-0.15, -0.1) is 0 Å². The van der Waals surface area contributed by atoms with E-state index in [0.717, 1.165) is 12.1 Å². The van der Waals surface area contributed by atoms with Crippen molar-refractivity contribution >= 4 is 39.8 Å². The predicted molar refractivity (Wildman–Crippen MR) is 108 cm³/mol. The molecule has 4 nitrogen and oxygen atoms in total. The van der Waals surface area contributed by atoms with Crippen LogP contribution in [0.1, 0.15) is 17.5 Å². The van der Waals surface area contributed by atoms with Crippen molar-refractivity contribution in [3.05, 3.63) is 70.9 Å². The van der Waals surface area contributed by atoms with Crippen LogP contribution >= 0.6 is 11.6 Å². The number of carbonyl (C=O) groups excluding carboxylic acids is 1. The number of nitrogens with zero attached hydrogens (tertiary/aromatic N) is 1. The van der Waals surface area contributed by atoms with Crippen molar-refractivity contribution in [3.8, 4) is 0 Å². The maximum Gasteiger partial charge on any atom is 0.322 e. The summed E-state index contributed by atoms with van der Waals surface area (Å²) in [6, 6.07) is 13.4. The molecule has 0 spiro atoms. The number of fused-ring (bicyclic) bond motifs is 1. The molecule has 1 aromatic heterocycles. The lowest BCUT2D eigenvalue weighted by Gasteiger charge is -2.26.